The first-order chi connectivity index (χ1) is 19.8. The molecular weight excluding hydrogens is 525 g/mol. The summed E-state index contributed by atoms with van der Waals surface area (Å²) < 4.78 is 13.5. The normalized spacial score (nSPS) is 24.7. The number of benzene rings is 2. The first-order valence-electron chi connectivity index (χ1n) is 14.9. The summed E-state index contributed by atoms with van der Waals surface area (Å²) in [7, 11) is 0. The zero-order valence-electron chi connectivity index (χ0n) is 23.4. The predicted octanol–water partition coefficient (Wildman–Crippen LogP) is 4.25. The molecule has 5 rings (SSSR count). The molecule has 2 aromatic carbocycles. The van der Waals surface area contributed by atoms with Gasteiger partial charge in [0.05, 0.1) is 4.92 Å². The fraction of sp³-hybridized carbons (Fsp3) is 0.548. The lowest BCUT2D eigenvalue weighted by Gasteiger charge is -2.43. The van der Waals surface area contributed by atoms with Gasteiger partial charge in [-0.05, 0) is 99.6 Å². The first-order valence-corrected chi connectivity index (χ1v) is 14.9. The molecule has 1 aliphatic heterocycles. The molecule has 2 aromatic rings. The van der Waals surface area contributed by atoms with E-state index in [-0.39, 0.29) is 23.5 Å². The molecule has 220 valence electrons. The number of nitro benzene ring substituents is 1. The fourth-order valence-corrected chi connectivity index (χ4v) is 6.43. The van der Waals surface area contributed by atoms with E-state index in [1.165, 1.54) is 36.4 Å². The molecule has 41 heavy (non-hydrogen) atoms. The van der Waals surface area contributed by atoms with E-state index in [2.05, 4.69) is 10.2 Å². The minimum Gasteiger partial charge on any atom is -0.354 e. The topological polar surface area (TPSA) is 122 Å². The molecule has 2 saturated carbocycles. The van der Waals surface area contributed by atoms with Gasteiger partial charge in [0.25, 0.3) is 11.6 Å². The van der Waals surface area contributed by atoms with E-state index < -0.39 is 16.8 Å². The summed E-state index contributed by atoms with van der Waals surface area (Å²) in [4.78, 5) is 42.0. The molecule has 0 aromatic heterocycles. The summed E-state index contributed by atoms with van der Waals surface area (Å²) in [6, 6.07) is 12.0. The van der Waals surface area contributed by atoms with Gasteiger partial charge >= 0.3 is 0 Å². The van der Waals surface area contributed by atoms with Gasteiger partial charge in [-0.1, -0.05) is 12.1 Å². The smallest absolute Gasteiger partial charge is 0.269 e. The Bertz CT molecular complexity index is 1210. The van der Waals surface area contributed by atoms with Gasteiger partial charge in [0, 0.05) is 49.4 Å². The molecule has 2 atom stereocenters. The lowest BCUT2D eigenvalue weighted by Crippen LogP contribution is -2.58. The molecule has 1 unspecified atom stereocenters. The predicted molar refractivity (Wildman–Crippen MR) is 153 cm³/mol. The number of nitrogens with two attached hydrogens (primary N) is 1. The average Bonchev–Trinajstić information content (AvgIpc) is 3.84. The molecule has 10 heteroatoms. The third-order valence-corrected chi connectivity index (χ3v) is 9.09. The largest absolute Gasteiger partial charge is 0.354 e. The van der Waals surface area contributed by atoms with Gasteiger partial charge in [-0.25, -0.2) is 4.39 Å². The van der Waals surface area contributed by atoms with Crippen molar-refractivity contribution in [1.29, 1.82) is 0 Å². The minimum absolute atomic E-state index is 0.0626. The SMILES string of the molecule is NCC1CCC(CNC(=O)[C@H]2CC(N(Cc3ccc([N+](=O)[O-])cc3)C3CC3)CCN2C(=O)c2ccc(F)cc2)CC1. The summed E-state index contributed by atoms with van der Waals surface area (Å²) in [5, 5.41) is 14.3. The van der Waals surface area contributed by atoms with Crippen LogP contribution in [0.5, 0.6) is 0 Å². The number of nitrogens with zero attached hydrogens (tertiary/aromatic N) is 3. The second-order valence-electron chi connectivity index (χ2n) is 11.9. The molecular formula is C31H40FN5O4. The van der Waals surface area contributed by atoms with Crippen LogP contribution in [-0.2, 0) is 11.3 Å². The molecule has 3 fully saturated rings. The zero-order chi connectivity index (χ0) is 28.9. The Morgan fingerprint density at radius 2 is 1.61 bits per heavy atom. The van der Waals surface area contributed by atoms with E-state index >= 15 is 0 Å². The Labute approximate surface area is 240 Å². The van der Waals surface area contributed by atoms with Gasteiger partial charge in [0.15, 0.2) is 0 Å². The number of likely N-dealkylation sites (tertiary alicyclic amines) is 1. The lowest BCUT2D eigenvalue weighted by atomic mass is 9.82. The van der Waals surface area contributed by atoms with E-state index in [9.17, 15) is 24.1 Å². The van der Waals surface area contributed by atoms with Crippen molar-refractivity contribution in [2.24, 2.45) is 17.6 Å². The Morgan fingerprint density at radius 3 is 2.22 bits per heavy atom. The molecule has 2 amide bonds. The number of hydrogen-bond donors (Lipinski definition) is 2. The highest BCUT2D eigenvalue weighted by atomic mass is 19.1. The highest BCUT2D eigenvalue weighted by molar-refractivity contribution is 5.97. The van der Waals surface area contributed by atoms with E-state index in [0.29, 0.717) is 62.5 Å². The van der Waals surface area contributed by atoms with Crippen LogP contribution < -0.4 is 11.1 Å². The molecule has 0 spiro atoms. The molecule has 1 heterocycles. The highest BCUT2D eigenvalue weighted by Gasteiger charge is 2.42. The third-order valence-electron chi connectivity index (χ3n) is 9.09. The molecule has 3 N–H and O–H groups in total. The van der Waals surface area contributed by atoms with Crippen LogP contribution in [0.25, 0.3) is 0 Å². The van der Waals surface area contributed by atoms with Gasteiger partial charge in [0.2, 0.25) is 5.91 Å². The number of halogens is 1. The average molecular weight is 566 g/mol. The summed E-state index contributed by atoms with van der Waals surface area (Å²) in [5.41, 5.74) is 7.26. The van der Waals surface area contributed by atoms with Gasteiger partial charge in [-0.3, -0.25) is 24.6 Å². The first kappa shape index (κ1) is 29.1. The van der Waals surface area contributed by atoms with Crippen molar-refractivity contribution < 1.29 is 18.9 Å². The molecule has 0 bridgehead atoms. The molecule has 9 nitrogen and oxygen atoms in total. The van der Waals surface area contributed by atoms with Gasteiger partial charge in [-0.2, -0.15) is 0 Å². The highest BCUT2D eigenvalue weighted by Crippen LogP contribution is 2.35. The maximum atomic E-state index is 13.7. The lowest BCUT2D eigenvalue weighted by molar-refractivity contribution is -0.384. The van der Waals surface area contributed by atoms with Crippen molar-refractivity contribution in [1.82, 2.24) is 15.1 Å². The van der Waals surface area contributed by atoms with Crippen LogP contribution in [0.15, 0.2) is 48.5 Å². The van der Waals surface area contributed by atoms with Crippen LogP contribution in [0.1, 0.15) is 67.3 Å². The van der Waals surface area contributed by atoms with E-state index in [1.54, 1.807) is 17.0 Å². The van der Waals surface area contributed by atoms with Crippen molar-refractivity contribution in [3.8, 4) is 0 Å². The number of amides is 2. The summed E-state index contributed by atoms with van der Waals surface area (Å²) in [6.45, 7) is 2.35. The van der Waals surface area contributed by atoms with Crippen LogP contribution in [0, 0.1) is 27.8 Å². The Hall–Kier alpha value is -3.37. The molecule has 1 saturated heterocycles. The van der Waals surface area contributed by atoms with Crippen molar-refractivity contribution >= 4 is 17.5 Å². The molecule has 3 aliphatic rings. The molecule has 2 aliphatic carbocycles. The number of nitro groups is 1. The van der Waals surface area contributed by atoms with Gasteiger partial charge in [0.1, 0.15) is 11.9 Å². The number of rotatable bonds is 10. The third kappa shape index (κ3) is 7.29. The second kappa shape index (κ2) is 13.1. The Balaban J connectivity index is 1.30. The van der Waals surface area contributed by atoms with Crippen LogP contribution in [-0.4, -0.2) is 64.3 Å². The zero-order valence-corrected chi connectivity index (χ0v) is 23.4. The van der Waals surface area contributed by atoms with Crippen LogP contribution in [0.2, 0.25) is 0 Å². The van der Waals surface area contributed by atoms with Crippen molar-refractivity contribution in [2.45, 2.75) is 76.0 Å². The number of non-ortho nitro benzene ring substituents is 1. The Kier molecular flexibility index (Phi) is 9.29. The number of nitrogens with one attached hydrogen (secondary N) is 1. The van der Waals surface area contributed by atoms with Crippen molar-refractivity contribution in [2.75, 3.05) is 19.6 Å². The van der Waals surface area contributed by atoms with Crippen LogP contribution in [0.4, 0.5) is 10.1 Å². The monoisotopic (exact) mass is 565 g/mol. The molecule has 0 radical (unpaired) electrons. The number of piperidine rings is 1. The van der Waals surface area contributed by atoms with Crippen molar-refractivity contribution in [3.05, 3.63) is 75.6 Å². The summed E-state index contributed by atoms with van der Waals surface area (Å²) in [6.07, 6.45) is 7.60. The maximum absolute atomic E-state index is 13.7. The standard InChI is InChI=1S/C31H40FN5O4/c32-25-9-7-24(8-10-25)31(39)35-16-15-28(17-29(35)30(38)34-19-22-3-1-21(18-33)2-4-22)36(26-13-14-26)20-23-5-11-27(12-6-23)37(40)41/h5-12,21-22,26,28-29H,1-4,13-20,33H2,(H,34,38)/t21?,22?,28?,29-/m1/s1. The second-order valence-corrected chi connectivity index (χ2v) is 11.9. The van der Waals surface area contributed by atoms with Crippen LogP contribution >= 0.6 is 0 Å². The van der Waals surface area contributed by atoms with Crippen molar-refractivity contribution in [3.63, 3.8) is 0 Å². The van der Waals surface area contributed by atoms with Gasteiger partial charge in [-0.15, -0.1) is 0 Å². The summed E-state index contributed by atoms with van der Waals surface area (Å²) >= 11 is 0. The maximum Gasteiger partial charge on any atom is 0.269 e. The number of carbonyl (C=O) groups excluding carboxylic acids is 2. The van der Waals surface area contributed by atoms with E-state index in [1.807, 2.05) is 0 Å². The van der Waals surface area contributed by atoms with Gasteiger partial charge < -0.3 is 16.0 Å². The fourth-order valence-electron chi connectivity index (χ4n) is 6.43. The minimum atomic E-state index is -0.634. The number of carbonyl (C=O) groups is 2. The number of hydrogen-bond acceptors (Lipinski definition) is 6. The quantitative estimate of drug-likeness (QED) is 0.328. The van der Waals surface area contributed by atoms with Crippen LogP contribution in [0.3, 0.4) is 0 Å². The summed E-state index contributed by atoms with van der Waals surface area (Å²) in [5.74, 6) is 0.157. The van der Waals surface area contributed by atoms with E-state index in [0.717, 1.165) is 44.1 Å². The van der Waals surface area contributed by atoms with E-state index in [4.69, 9.17) is 5.73 Å². The Morgan fingerprint density at radius 1 is 0.951 bits per heavy atom.